The van der Waals surface area contributed by atoms with Crippen LogP contribution in [0.2, 0.25) is 0 Å². The second kappa shape index (κ2) is 8.86. The number of nitrogens with one attached hydrogen (secondary N) is 1. The highest BCUT2D eigenvalue weighted by Crippen LogP contribution is 2.18. The number of morpholine rings is 1. The molecule has 2 saturated heterocycles. The molecule has 3 rings (SSSR count). The van der Waals surface area contributed by atoms with Gasteiger partial charge in [-0.05, 0) is 31.7 Å². The number of benzene rings is 1. The molecule has 2 aliphatic rings. The van der Waals surface area contributed by atoms with E-state index in [2.05, 4.69) is 17.3 Å². The van der Waals surface area contributed by atoms with Crippen molar-refractivity contribution in [3.63, 3.8) is 0 Å². The average Bonchev–Trinajstić information content (AvgIpc) is 2.59. The summed E-state index contributed by atoms with van der Waals surface area (Å²) in [5.74, 6) is 0.0999. The quantitative estimate of drug-likeness (QED) is 0.741. The summed E-state index contributed by atoms with van der Waals surface area (Å²) < 4.78 is 5.01. The molecule has 1 aromatic rings. The number of amides is 1. The van der Waals surface area contributed by atoms with Gasteiger partial charge < -0.3 is 25.6 Å². The van der Waals surface area contributed by atoms with E-state index in [0.29, 0.717) is 5.69 Å². The molecular formula is C17H28N4O2. The summed E-state index contributed by atoms with van der Waals surface area (Å²) in [6.07, 6.45) is 0. The molecule has 3 N–H and O–H groups in total. The van der Waals surface area contributed by atoms with Crippen LogP contribution in [0.3, 0.4) is 0 Å². The maximum Gasteiger partial charge on any atom is 0.254 e. The number of hydrogen-bond donors (Lipinski definition) is 2. The zero-order chi connectivity index (χ0) is 16.7. The highest BCUT2D eigenvalue weighted by atomic mass is 16.5. The van der Waals surface area contributed by atoms with Crippen LogP contribution in [0.4, 0.5) is 5.69 Å². The predicted octanol–water partition coefficient (Wildman–Crippen LogP) is 0.571. The Balaban J connectivity index is 0.000000268. The van der Waals surface area contributed by atoms with Crippen LogP contribution in [0.15, 0.2) is 18.2 Å². The van der Waals surface area contributed by atoms with Crippen molar-refractivity contribution in [2.45, 2.75) is 6.92 Å². The highest BCUT2D eigenvalue weighted by Gasteiger charge is 2.21. The van der Waals surface area contributed by atoms with E-state index in [1.54, 1.807) is 0 Å². The highest BCUT2D eigenvalue weighted by molar-refractivity contribution is 5.97. The zero-order valence-electron chi connectivity index (χ0n) is 14.2. The van der Waals surface area contributed by atoms with Gasteiger partial charge in [0.05, 0.1) is 13.2 Å². The van der Waals surface area contributed by atoms with E-state index in [1.807, 2.05) is 30.0 Å². The summed E-state index contributed by atoms with van der Waals surface area (Å²) in [6, 6.07) is 5.52. The third-order valence-corrected chi connectivity index (χ3v) is 4.24. The molecule has 1 amide bonds. The Labute approximate surface area is 138 Å². The summed E-state index contributed by atoms with van der Waals surface area (Å²) in [4.78, 5) is 16.5. The van der Waals surface area contributed by atoms with E-state index in [9.17, 15) is 4.79 Å². The van der Waals surface area contributed by atoms with Crippen molar-refractivity contribution in [2.24, 2.45) is 0 Å². The van der Waals surface area contributed by atoms with Crippen molar-refractivity contribution in [3.8, 4) is 0 Å². The van der Waals surface area contributed by atoms with Gasteiger partial charge in [0.15, 0.2) is 0 Å². The molecule has 1 aromatic carbocycles. The van der Waals surface area contributed by atoms with Gasteiger partial charge in [-0.15, -0.1) is 0 Å². The van der Waals surface area contributed by atoms with Crippen LogP contribution in [0, 0.1) is 6.92 Å². The summed E-state index contributed by atoms with van der Waals surface area (Å²) in [5, 5.41) is 3.16. The number of hydrogen-bond acceptors (Lipinski definition) is 5. The van der Waals surface area contributed by atoms with E-state index in [1.165, 1.54) is 0 Å². The van der Waals surface area contributed by atoms with Crippen LogP contribution in [0.1, 0.15) is 15.9 Å². The van der Waals surface area contributed by atoms with Crippen LogP contribution in [0.25, 0.3) is 0 Å². The lowest BCUT2D eigenvalue weighted by atomic mass is 10.1. The maximum atomic E-state index is 12.3. The molecule has 2 aliphatic heterocycles. The van der Waals surface area contributed by atoms with Crippen LogP contribution < -0.4 is 11.1 Å². The standard InChI is InChI=1S/C13H19N3O.C4H9NO/c1-10-11(4-3-5-12(10)14)13(17)16-8-6-15(2)7-9-16;1-3-6-4-2-5-1/h3-5H,6-9,14H2,1-2H3;5H,1-4H2. The summed E-state index contributed by atoms with van der Waals surface area (Å²) in [6.45, 7) is 9.20. The van der Waals surface area contributed by atoms with Crippen molar-refractivity contribution < 1.29 is 9.53 Å². The molecule has 0 radical (unpaired) electrons. The van der Waals surface area contributed by atoms with Gasteiger partial charge in [0, 0.05) is 50.5 Å². The monoisotopic (exact) mass is 320 g/mol. The molecule has 128 valence electrons. The fraction of sp³-hybridized carbons (Fsp3) is 0.588. The van der Waals surface area contributed by atoms with Gasteiger partial charge in [0.2, 0.25) is 0 Å². The minimum atomic E-state index is 0.0999. The largest absolute Gasteiger partial charge is 0.398 e. The van der Waals surface area contributed by atoms with E-state index < -0.39 is 0 Å². The first-order valence-electron chi connectivity index (χ1n) is 8.21. The molecule has 0 saturated carbocycles. The Morgan fingerprint density at radius 1 is 1.17 bits per heavy atom. The number of piperazine rings is 1. The number of nitrogen functional groups attached to an aromatic ring is 1. The van der Waals surface area contributed by atoms with Crippen molar-refractivity contribution in [1.82, 2.24) is 15.1 Å². The molecule has 6 heteroatoms. The molecule has 0 spiro atoms. The molecule has 0 aromatic heterocycles. The average molecular weight is 320 g/mol. The van der Waals surface area contributed by atoms with Crippen molar-refractivity contribution in [1.29, 1.82) is 0 Å². The first-order valence-corrected chi connectivity index (χ1v) is 8.21. The maximum absolute atomic E-state index is 12.3. The Kier molecular flexibility index (Phi) is 6.83. The normalized spacial score (nSPS) is 19.0. The van der Waals surface area contributed by atoms with E-state index in [4.69, 9.17) is 10.5 Å². The molecule has 0 bridgehead atoms. The van der Waals surface area contributed by atoms with Gasteiger partial charge in [-0.3, -0.25) is 4.79 Å². The van der Waals surface area contributed by atoms with Crippen molar-refractivity contribution in [3.05, 3.63) is 29.3 Å². The molecular weight excluding hydrogens is 292 g/mol. The van der Waals surface area contributed by atoms with Crippen molar-refractivity contribution >= 4 is 11.6 Å². The molecule has 6 nitrogen and oxygen atoms in total. The number of ether oxygens (including phenoxy) is 1. The Bertz CT molecular complexity index is 498. The first kappa shape index (κ1) is 17.7. The molecule has 0 atom stereocenters. The minimum absolute atomic E-state index is 0.0999. The molecule has 2 fully saturated rings. The molecule has 0 unspecified atom stereocenters. The van der Waals surface area contributed by atoms with Crippen LogP contribution in [0.5, 0.6) is 0 Å². The predicted molar refractivity (Wildman–Crippen MR) is 92.7 cm³/mol. The topological polar surface area (TPSA) is 70.8 Å². The number of carbonyl (C=O) groups is 1. The second-order valence-corrected chi connectivity index (χ2v) is 5.98. The fourth-order valence-corrected chi connectivity index (χ4v) is 2.58. The SMILES string of the molecule is C1COCCN1.Cc1c(N)cccc1C(=O)N1CCN(C)CC1. The lowest BCUT2D eigenvalue weighted by molar-refractivity contribution is 0.0663. The fourth-order valence-electron chi connectivity index (χ4n) is 2.58. The summed E-state index contributed by atoms with van der Waals surface area (Å²) in [7, 11) is 2.08. The third-order valence-electron chi connectivity index (χ3n) is 4.24. The van der Waals surface area contributed by atoms with Gasteiger partial charge in [-0.2, -0.15) is 0 Å². The minimum Gasteiger partial charge on any atom is -0.398 e. The van der Waals surface area contributed by atoms with Crippen LogP contribution in [-0.2, 0) is 4.74 Å². The van der Waals surface area contributed by atoms with Crippen LogP contribution >= 0.6 is 0 Å². The molecule has 0 aliphatic carbocycles. The number of nitrogens with two attached hydrogens (primary N) is 1. The van der Waals surface area contributed by atoms with Crippen LogP contribution in [-0.4, -0.2) is 75.2 Å². The van der Waals surface area contributed by atoms with E-state index in [-0.39, 0.29) is 5.91 Å². The Morgan fingerprint density at radius 3 is 2.35 bits per heavy atom. The zero-order valence-corrected chi connectivity index (χ0v) is 14.2. The lowest BCUT2D eigenvalue weighted by Gasteiger charge is -2.32. The number of rotatable bonds is 1. The van der Waals surface area contributed by atoms with Gasteiger partial charge in [-0.25, -0.2) is 0 Å². The Morgan fingerprint density at radius 2 is 1.83 bits per heavy atom. The smallest absolute Gasteiger partial charge is 0.254 e. The number of nitrogens with zero attached hydrogens (tertiary/aromatic N) is 2. The first-order chi connectivity index (χ1) is 11.1. The summed E-state index contributed by atoms with van der Waals surface area (Å²) >= 11 is 0. The molecule has 23 heavy (non-hydrogen) atoms. The molecule has 2 heterocycles. The number of likely N-dealkylation sites (N-methyl/N-ethyl adjacent to an activating group) is 1. The second-order valence-electron chi connectivity index (χ2n) is 5.98. The Hall–Kier alpha value is -1.63. The van der Waals surface area contributed by atoms with Gasteiger partial charge in [0.1, 0.15) is 0 Å². The number of carbonyl (C=O) groups excluding carboxylic acids is 1. The van der Waals surface area contributed by atoms with Gasteiger partial charge in [-0.1, -0.05) is 6.07 Å². The van der Waals surface area contributed by atoms with Crippen molar-refractivity contribution in [2.75, 3.05) is 65.3 Å². The van der Waals surface area contributed by atoms with E-state index in [0.717, 1.165) is 63.6 Å². The lowest BCUT2D eigenvalue weighted by Crippen LogP contribution is -2.47. The van der Waals surface area contributed by atoms with Gasteiger partial charge >= 0.3 is 0 Å². The van der Waals surface area contributed by atoms with E-state index >= 15 is 0 Å². The summed E-state index contributed by atoms with van der Waals surface area (Å²) in [5.41, 5.74) is 8.13. The van der Waals surface area contributed by atoms with Gasteiger partial charge in [0.25, 0.3) is 5.91 Å². The number of anilines is 1. The third kappa shape index (κ3) is 5.20.